The van der Waals surface area contributed by atoms with Crippen LogP contribution in [-0.2, 0) is 19.4 Å². The first-order valence-electron chi connectivity index (χ1n) is 9.92. The molecule has 156 valence electrons. The lowest BCUT2D eigenvalue weighted by Gasteiger charge is -2.00. The Kier molecular flexibility index (Phi) is 3.78. The molecule has 0 N–H and O–H groups in total. The van der Waals surface area contributed by atoms with Crippen molar-refractivity contribution in [2.24, 2.45) is 0 Å². The van der Waals surface area contributed by atoms with Gasteiger partial charge in [-0.05, 0) is 50.8 Å². The van der Waals surface area contributed by atoms with E-state index in [1.54, 1.807) is 40.7 Å². The molecule has 31 heavy (non-hydrogen) atoms. The third-order valence-corrected chi connectivity index (χ3v) is 6.96. The average Bonchev–Trinajstić information content (AvgIpc) is 3.50. The maximum atomic E-state index is 11.2. The first-order chi connectivity index (χ1) is 15.0. The van der Waals surface area contributed by atoms with Gasteiger partial charge in [-0.2, -0.15) is 5.10 Å². The van der Waals surface area contributed by atoms with E-state index in [0.717, 1.165) is 28.7 Å². The van der Waals surface area contributed by atoms with Crippen molar-refractivity contribution in [3.05, 3.63) is 56.2 Å². The topological polar surface area (TPSA) is 117 Å². The molecule has 0 saturated carbocycles. The number of thiophene rings is 1. The second-order valence-corrected chi connectivity index (χ2v) is 8.77. The molecule has 0 saturated heterocycles. The third kappa shape index (κ3) is 2.69. The van der Waals surface area contributed by atoms with Crippen LogP contribution < -0.4 is 0 Å². The second-order valence-electron chi connectivity index (χ2n) is 7.69. The second kappa shape index (κ2) is 6.45. The molecule has 5 aromatic heterocycles. The highest BCUT2D eigenvalue weighted by molar-refractivity contribution is 7.19. The van der Waals surface area contributed by atoms with E-state index < -0.39 is 4.92 Å². The Morgan fingerprint density at radius 2 is 2.13 bits per heavy atom. The molecule has 0 unspecified atom stereocenters. The molecule has 0 spiro atoms. The minimum atomic E-state index is -0.404. The van der Waals surface area contributed by atoms with Crippen LogP contribution in [0.15, 0.2) is 22.9 Å². The van der Waals surface area contributed by atoms with Gasteiger partial charge in [0.15, 0.2) is 11.4 Å². The number of furan rings is 1. The molecule has 10 nitrogen and oxygen atoms in total. The van der Waals surface area contributed by atoms with E-state index in [9.17, 15) is 10.1 Å². The molecule has 5 aromatic rings. The van der Waals surface area contributed by atoms with Gasteiger partial charge in [0.1, 0.15) is 28.3 Å². The Bertz CT molecular complexity index is 1510. The number of aryl methyl sites for hydroxylation is 3. The van der Waals surface area contributed by atoms with Crippen LogP contribution >= 0.6 is 11.3 Å². The molecule has 0 amide bonds. The summed E-state index contributed by atoms with van der Waals surface area (Å²) >= 11 is 1.74. The SMILES string of the molecule is Cc1nn(Cc2ccc(-c3nc4c5c6c(sc5ncn4n3)CCC6)o2)c(C)c1[N+](=O)[O-]. The van der Waals surface area contributed by atoms with E-state index in [0.29, 0.717) is 28.7 Å². The van der Waals surface area contributed by atoms with Crippen molar-refractivity contribution in [1.29, 1.82) is 0 Å². The van der Waals surface area contributed by atoms with Crippen LogP contribution in [0.5, 0.6) is 0 Å². The fraction of sp³-hybridized carbons (Fsp3) is 0.300. The summed E-state index contributed by atoms with van der Waals surface area (Å²) in [7, 11) is 0. The van der Waals surface area contributed by atoms with Crippen molar-refractivity contribution >= 4 is 32.9 Å². The van der Waals surface area contributed by atoms with Gasteiger partial charge in [0, 0.05) is 4.88 Å². The smallest absolute Gasteiger partial charge is 0.312 e. The first-order valence-corrected chi connectivity index (χ1v) is 10.7. The minimum Gasteiger partial charge on any atom is -0.456 e. The molecule has 1 aliphatic carbocycles. The van der Waals surface area contributed by atoms with Crippen molar-refractivity contribution in [3.63, 3.8) is 0 Å². The Hall–Kier alpha value is -3.60. The van der Waals surface area contributed by atoms with E-state index in [4.69, 9.17) is 9.40 Å². The predicted octanol–water partition coefficient (Wildman–Crippen LogP) is 3.86. The molecule has 1 aliphatic rings. The Labute approximate surface area is 179 Å². The highest BCUT2D eigenvalue weighted by atomic mass is 32.1. The third-order valence-electron chi connectivity index (χ3n) is 5.76. The van der Waals surface area contributed by atoms with Crippen molar-refractivity contribution in [3.8, 4) is 11.6 Å². The van der Waals surface area contributed by atoms with Crippen molar-refractivity contribution in [2.45, 2.75) is 39.7 Å². The predicted molar refractivity (Wildman–Crippen MR) is 113 cm³/mol. The average molecular weight is 435 g/mol. The molecule has 0 atom stereocenters. The summed E-state index contributed by atoms with van der Waals surface area (Å²) in [5.41, 5.74) is 3.06. The fourth-order valence-electron chi connectivity index (χ4n) is 4.33. The van der Waals surface area contributed by atoms with E-state index in [1.165, 1.54) is 16.9 Å². The largest absolute Gasteiger partial charge is 0.456 e. The lowest BCUT2D eigenvalue weighted by Crippen LogP contribution is -2.03. The summed E-state index contributed by atoms with van der Waals surface area (Å²) in [4.78, 5) is 22.5. The van der Waals surface area contributed by atoms with Gasteiger partial charge >= 0.3 is 5.69 Å². The summed E-state index contributed by atoms with van der Waals surface area (Å²) in [5.74, 6) is 1.64. The van der Waals surface area contributed by atoms with Crippen LogP contribution in [0.1, 0.15) is 34.0 Å². The first kappa shape index (κ1) is 18.2. The lowest BCUT2D eigenvalue weighted by atomic mass is 10.2. The summed E-state index contributed by atoms with van der Waals surface area (Å²) in [6, 6.07) is 3.63. The van der Waals surface area contributed by atoms with Gasteiger partial charge < -0.3 is 4.42 Å². The summed E-state index contributed by atoms with van der Waals surface area (Å²) in [6.07, 6.45) is 5.03. The molecule has 5 heterocycles. The van der Waals surface area contributed by atoms with Gasteiger partial charge in [0.25, 0.3) is 0 Å². The number of hydrogen-bond donors (Lipinski definition) is 0. The van der Waals surface area contributed by atoms with Crippen molar-refractivity contribution < 1.29 is 9.34 Å². The van der Waals surface area contributed by atoms with Crippen LogP contribution in [-0.4, -0.2) is 34.3 Å². The van der Waals surface area contributed by atoms with Gasteiger partial charge in [0.2, 0.25) is 5.82 Å². The summed E-state index contributed by atoms with van der Waals surface area (Å²) in [5, 5.41) is 21.2. The minimum absolute atomic E-state index is 0.0357. The molecule has 6 rings (SSSR count). The highest BCUT2D eigenvalue weighted by Gasteiger charge is 2.24. The van der Waals surface area contributed by atoms with Gasteiger partial charge in [-0.1, -0.05) is 0 Å². The number of aromatic nitrogens is 6. The molecule has 0 bridgehead atoms. The number of hydrogen-bond acceptors (Lipinski definition) is 8. The van der Waals surface area contributed by atoms with Gasteiger partial charge in [0.05, 0.1) is 16.9 Å². The molecular formula is C20H17N7O3S. The highest BCUT2D eigenvalue weighted by Crippen LogP contribution is 2.38. The number of rotatable bonds is 4. The molecule has 0 aliphatic heterocycles. The van der Waals surface area contributed by atoms with Crippen LogP contribution in [0.4, 0.5) is 5.69 Å². The molecule has 0 aromatic carbocycles. The number of nitro groups is 1. The maximum absolute atomic E-state index is 11.2. The monoisotopic (exact) mass is 435 g/mol. The van der Waals surface area contributed by atoms with Crippen LogP contribution in [0.2, 0.25) is 0 Å². The maximum Gasteiger partial charge on any atom is 0.312 e. The van der Waals surface area contributed by atoms with Gasteiger partial charge in [-0.25, -0.2) is 14.5 Å². The van der Waals surface area contributed by atoms with Gasteiger partial charge in [-0.3, -0.25) is 14.8 Å². The van der Waals surface area contributed by atoms with E-state index in [1.807, 2.05) is 12.1 Å². The van der Waals surface area contributed by atoms with E-state index in [-0.39, 0.29) is 12.2 Å². The zero-order valence-corrected chi connectivity index (χ0v) is 17.6. The standard InChI is InChI=1S/C20H17N7O3S/c1-10-17(27(28)29)11(2)25(23-10)8-12-6-7-14(30-12)18-22-19-16-13-4-3-5-15(13)31-20(16)21-9-26(19)24-18/h6-7,9H,3-5,8H2,1-2H3. The van der Waals surface area contributed by atoms with E-state index >= 15 is 0 Å². The summed E-state index contributed by atoms with van der Waals surface area (Å²) < 4.78 is 9.25. The van der Waals surface area contributed by atoms with Crippen LogP contribution in [0.25, 0.3) is 27.4 Å². The molecular weight excluding hydrogens is 418 g/mol. The number of nitrogens with zero attached hydrogens (tertiary/aromatic N) is 7. The molecule has 0 radical (unpaired) electrons. The number of fused-ring (bicyclic) bond motifs is 5. The van der Waals surface area contributed by atoms with Crippen molar-refractivity contribution in [2.75, 3.05) is 0 Å². The Balaban J connectivity index is 1.37. The van der Waals surface area contributed by atoms with Crippen molar-refractivity contribution in [1.82, 2.24) is 29.4 Å². The fourth-order valence-corrected chi connectivity index (χ4v) is 5.56. The van der Waals surface area contributed by atoms with Gasteiger partial charge in [-0.15, -0.1) is 16.4 Å². The normalized spacial score (nSPS) is 13.5. The van der Waals surface area contributed by atoms with Crippen LogP contribution in [0, 0.1) is 24.0 Å². The Morgan fingerprint density at radius 3 is 2.94 bits per heavy atom. The quantitative estimate of drug-likeness (QED) is 0.311. The molecule has 11 heteroatoms. The summed E-state index contributed by atoms with van der Waals surface area (Å²) in [6.45, 7) is 3.60. The molecule has 0 fully saturated rings. The zero-order chi connectivity index (χ0) is 21.3. The Morgan fingerprint density at radius 1 is 1.26 bits per heavy atom. The lowest BCUT2D eigenvalue weighted by molar-refractivity contribution is -0.386. The van der Waals surface area contributed by atoms with Crippen LogP contribution in [0.3, 0.4) is 0 Å². The zero-order valence-electron chi connectivity index (χ0n) is 16.8. The van der Waals surface area contributed by atoms with E-state index in [2.05, 4.69) is 15.2 Å².